The standard InChI is InChI=1S/C18H25N5O2/c1-13-5-7-15(8-6-13)9-16-19-21-23(20-16)11-17(24)22-10-14(2)25-18(3,4)12-22/h5-8,14H,9-12H2,1-4H3. The summed E-state index contributed by atoms with van der Waals surface area (Å²) >= 11 is 0. The monoisotopic (exact) mass is 343 g/mol. The molecule has 7 heteroatoms. The van der Waals surface area contributed by atoms with E-state index in [0.29, 0.717) is 25.3 Å². The van der Waals surface area contributed by atoms with Gasteiger partial charge in [0.15, 0.2) is 5.82 Å². The van der Waals surface area contributed by atoms with Gasteiger partial charge in [0, 0.05) is 19.5 Å². The predicted molar refractivity (Wildman–Crippen MR) is 93.0 cm³/mol. The molecule has 0 saturated carbocycles. The van der Waals surface area contributed by atoms with Gasteiger partial charge in [-0.3, -0.25) is 4.79 Å². The molecule has 1 aromatic heterocycles. The molecule has 25 heavy (non-hydrogen) atoms. The van der Waals surface area contributed by atoms with Crippen LogP contribution in [0, 0.1) is 6.92 Å². The summed E-state index contributed by atoms with van der Waals surface area (Å²) in [5, 5.41) is 12.4. The topological polar surface area (TPSA) is 73.1 Å². The van der Waals surface area contributed by atoms with Gasteiger partial charge in [-0.1, -0.05) is 29.8 Å². The molecule has 0 N–H and O–H groups in total. The van der Waals surface area contributed by atoms with E-state index >= 15 is 0 Å². The Hall–Kier alpha value is -2.28. The molecule has 1 saturated heterocycles. The average Bonchev–Trinajstić information content (AvgIpc) is 2.94. The fourth-order valence-corrected chi connectivity index (χ4v) is 3.17. The Bertz CT molecular complexity index is 738. The van der Waals surface area contributed by atoms with Crippen molar-refractivity contribution in [2.75, 3.05) is 13.1 Å². The first-order valence-electron chi connectivity index (χ1n) is 8.58. The summed E-state index contributed by atoms with van der Waals surface area (Å²) in [6, 6.07) is 8.23. The smallest absolute Gasteiger partial charge is 0.246 e. The number of nitrogens with zero attached hydrogens (tertiary/aromatic N) is 5. The van der Waals surface area contributed by atoms with E-state index in [1.54, 1.807) is 0 Å². The van der Waals surface area contributed by atoms with Crippen molar-refractivity contribution in [3.8, 4) is 0 Å². The minimum Gasteiger partial charge on any atom is -0.369 e. The molecule has 1 aliphatic rings. The predicted octanol–water partition coefficient (Wildman–Crippen LogP) is 1.60. The maximum atomic E-state index is 12.5. The van der Waals surface area contributed by atoms with Crippen molar-refractivity contribution in [3.05, 3.63) is 41.2 Å². The summed E-state index contributed by atoms with van der Waals surface area (Å²) in [5.74, 6) is 0.606. The molecular formula is C18H25N5O2. The Balaban J connectivity index is 1.61. The Morgan fingerprint density at radius 3 is 2.72 bits per heavy atom. The molecule has 2 heterocycles. The van der Waals surface area contributed by atoms with Gasteiger partial charge in [-0.05, 0) is 38.5 Å². The molecule has 3 rings (SSSR count). The number of amides is 1. The average molecular weight is 343 g/mol. The van der Waals surface area contributed by atoms with Crippen LogP contribution in [0.2, 0.25) is 0 Å². The molecule has 1 aliphatic heterocycles. The number of tetrazole rings is 1. The Kier molecular flexibility index (Phi) is 4.85. The number of aromatic nitrogens is 4. The Morgan fingerprint density at radius 2 is 2.04 bits per heavy atom. The van der Waals surface area contributed by atoms with E-state index < -0.39 is 0 Å². The molecule has 1 aromatic carbocycles. The van der Waals surface area contributed by atoms with Crippen LogP contribution < -0.4 is 0 Å². The van der Waals surface area contributed by atoms with Crippen molar-refractivity contribution in [2.45, 2.75) is 52.4 Å². The van der Waals surface area contributed by atoms with Crippen molar-refractivity contribution >= 4 is 5.91 Å². The van der Waals surface area contributed by atoms with Gasteiger partial charge in [0.05, 0.1) is 11.7 Å². The molecule has 0 spiro atoms. The van der Waals surface area contributed by atoms with Crippen molar-refractivity contribution < 1.29 is 9.53 Å². The molecule has 7 nitrogen and oxygen atoms in total. The number of hydrogen-bond donors (Lipinski definition) is 0. The number of morpholine rings is 1. The minimum atomic E-state index is -0.334. The Morgan fingerprint density at radius 1 is 1.32 bits per heavy atom. The van der Waals surface area contributed by atoms with Crippen LogP contribution in [0.25, 0.3) is 0 Å². The summed E-state index contributed by atoms with van der Waals surface area (Å²) < 4.78 is 5.84. The highest BCUT2D eigenvalue weighted by Crippen LogP contribution is 2.20. The normalized spacial score (nSPS) is 19.8. The zero-order valence-corrected chi connectivity index (χ0v) is 15.3. The third-order valence-corrected chi connectivity index (χ3v) is 4.18. The lowest BCUT2D eigenvalue weighted by Crippen LogP contribution is -2.54. The highest BCUT2D eigenvalue weighted by molar-refractivity contribution is 5.76. The van der Waals surface area contributed by atoms with E-state index in [9.17, 15) is 4.79 Å². The zero-order valence-electron chi connectivity index (χ0n) is 15.3. The van der Waals surface area contributed by atoms with Crippen LogP contribution in [0.15, 0.2) is 24.3 Å². The minimum absolute atomic E-state index is 0.0116. The lowest BCUT2D eigenvalue weighted by Gasteiger charge is -2.41. The molecule has 134 valence electrons. The Labute approximate surface area is 148 Å². The molecule has 1 atom stereocenters. The maximum Gasteiger partial charge on any atom is 0.246 e. The van der Waals surface area contributed by atoms with Crippen LogP contribution in [0.5, 0.6) is 0 Å². The highest BCUT2D eigenvalue weighted by Gasteiger charge is 2.33. The van der Waals surface area contributed by atoms with Gasteiger partial charge in [-0.25, -0.2) is 0 Å². The summed E-state index contributed by atoms with van der Waals surface area (Å²) in [4.78, 5) is 15.7. The number of benzene rings is 1. The van der Waals surface area contributed by atoms with E-state index in [-0.39, 0.29) is 24.2 Å². The summed E-state index contributed by atoms with van der Waals surface area (Å²) in [7, 11) is 0. The first-order chi connectivity index (χ1) is 11.8. The summed E-state index contributed by atoms with van der Waals surface area (Å²) in [6.07, 6.45) is 0.629. The molecule has 0 radical (unpaired) electrons. The van der Waals surface area contributed by atoms with Crippen molar-refractivity contribution in [2.24, 2.45) is 0 Å². The van der Waals surface area contributed by atoms with Gasteiger partial charge in [-0.2, -0.15) is 4.80 Å². The largest absolute Gasteiger partial charge is 0.369 e. The maximum absolute atomic E-state index is 12.5. The van der Waals surface area contributed by atoms with Crippen LogP contribution in [-0.4, -0.2) is 55.8 Å². The first kappa shape index (κ1) is 17.5. The number of carbonyl (C=O) groups is 1. The molecular weight excluding hydrogens is 318 g/mol. The van der Waals surface area contributed by atoms with Crippen LogP contribution in [0.3, 0.4) is 0 Å². The lowest BCUT2D eigenvalue weighted by molar-refractivity contribution is -0.159. The lowest BCUT2D eigenvalue weighted by atomic mass is 10.1. The second-order valence-electron chi connectivity index (χ2n) is 7.36. The highest BCUT2D eigenvalue weighted by atomic mass is 16.5. The van der Waals surface area contributed by atoms with Gasteiger partial charge >= 0.3 is 0 Å². The summed E-state index contributed by atoms with van der Waals surface area (Å²) in [6.45, 7) is 9.29. The van der Waals surface area contributed by atoms with Crippen LogP contribution >= 0.6 is 0 Å². The second-order valence-corrected chi connectivity index (χ2v) is 7.36. The van der Waals surface area contributed by atoms with Crippen LogP contribution in [-0.2, 0) is 22.5 Å². The zero-order chi connectivity index (χ0) is 18.0. The van der Waals surface area contributed by atoms with Crippen LogP contribution in [0.4, 0.5) is 0 Å². The fraction of sp³-hybridized carbons (Fsp3) is 0.556. The number of rotatable bonds is 4. The van der Waals surface area contributed by atoms with Crippen molar-refractivity contribution in [3.63, 3.8) is 0 Å². The number of carbonyl (C=O) groups excluding carboxylic acids is 1. The van der Waals surface area contributed by atoms with Gasteiger partial charge in [0.2, 0.25) is 5.91 Å². The van der Waals surface area contributed by atoms with Gasteiger partial charge < -0.3 is 9.64 Å². The quantitative estimate of drug-likeness (QED) is 0.843. The molecule has 1 amide bonds. The van der Waals surface area contributed by atoms with Crippen molar-refractivity contribution in [1.82, 2.24) is 25.1 Å². The van der Waals surface area contributed by atoms with E-state index in [2.05, 4.69) is 46.6 Å². The fourth-order valence-electron chi connectivity index (χ4n) is 3.17. The van der Waals surface area contributed by atoms with E-state index in [0.717, 1.165) is 5.56 Å². The SMILES string of the molecule is Cc1ccc(Cc2nnn(CC(=O)N3CC(C)OC(C)(C)C3)n2)cc1. The molecule has 1 unspecified atom stereocenters. The number of hydrogen-bond acceptors (Lipinski definition) is 5. The number of aryl methyl sites for hydroxylation is 1. The summed E-state index contributed by atoms with van der Waals surface area (Å²) in [5.41, 5.74) is 2.01. The molecule has 2 aromatic rings. The van der Waals surface area contributed by atoms with Crippen LogP contribution in [0.1, 0.15) is 37.7 Å². The molecule has 0 aliphatic carbocycles. The third kappa shape index (κ3) is 4.63. The second kappa shape index (κ2) is 6.92. The molecule has 0 bridgehead atoms. The van der Waals surface area contributed by atoms with E-state index in [1.807, 2.05) is 25.7 Å². The van der Waals surface area contributed by atoms with E-state index in [4.69, 9.17) is 4.74 Å². The molecule has 1 fully saturated rings. The van der Waals surface area contributed by atoms with Gasteiger partial charge in [0.25, 0.3) is 0 Å². The number of ether oxygens (including phenoxy) is 1. The van der Waals surface area contributed by atoms with Gasteiger partial charge in [-0.15, -0.1) is 10.2 Å². The third-order valence-electron chi connectivity index (χ3n) is 4.18. The first-order valence-corrected chi connectivity index (χ1v) is 8.58. The van der Waals surface area contributed by atoms with E-state index in [1.165, 1.54) is 10.4 Å². The van der Waals surface area contributed by atoms with Crippen molar-refractivity contribution in [1.29, 1.82) is 0 Å². The van der Waals surface area contributed by atoms with Gasteiger partial charge in [0.1, 0.15) is 6.54 Å².